The van der Waals surface area contributed by atoms with Crippen LogP contribution in [-0.2, 0) is 13.1 Å². The third-order valence-electron chi connectivity index (χ3n) is 2.87. The summed E-state index contributed by atoms with van der Waals surface area (Å²) in [6.45, 7) is 6.05. The maximum absolute atomic E-state index is 4.10. The monoisotopic (exact) mass is 226 g/mol. The molecule has 0 amide bonds. The molecule has 0 saturated carbocycles. The Morgan fingerprint density at radius 2 is 2.00 bits per heavy atom. The summed E-state index contributed by atoms with van der Waals surface area (Å²) in [5.74, 6) is 0. The number of hydrogen-bond acceptors (Lipinski definition) is 2. The lowest BCUT2D eigenvalue weighted by molar-refractivity contribution is 0.688. The van der Waals surface area contributed by atoms with Gasteiger partial charge in [-0.25, -0.2) is 0 Å². The van der Waals surface area contributed by atoms with Gasteiger partial charge in [-0.15, -0.1) is 0 Å². The van der Waals surface area contributed by atoms with Gasteiger partial charge in [-0.05, 0) is 36.6 Å². The van der Waals surface area contributed by atoms with Crippen LogP contribution in [0.3, 0.4) is 0 Å². The molecule has 0 bridgehead atoms. The molecule has 1 aromatic carbocycles. The molecule has 0 saturated heterocycles. The van der Waals surface area contributed by atoms with E-state index in [1.165, 1.54) is 22.3 Å². The molecule has 1 heterocycles. The summed E-state index contributed by atoms with van der Waals surface area (Å²) in [7, 11) is 0. The van der Waals surface area contributed by atoms with E-state index in [0.29, 0.717) is 0 Å². The highest BCUT2D eigenvalue weighted by molar-refractivity contribution is 5.30. The molecular formula is C15H18N2. The Hall–Kier alpha value is -1.67. The second-order valence-corrected chi connectivity index (χ2v) is 4.39. The third kappa shape index (κ3) is 3.40. The van der Waals surface area contributed by atoms with Crippen molar-refractivity contribution in [3.8, 4) is 0 Å². The first-order chi connectivity index (χ1) is 8.25. The Kier molecular flexibility index (Phi) is 3.89. The largest absolute Gasteiger partial charge is 0.309 e. The molecule has 17 heavy (non-hydrogen) atoms. The second-order valence-electron chi connectivity index (χ2n) is 4.39. The minimum absolute atomic E-state index is 0.862. The fraction of sp³-hybridized carbons (Fsp3) is 0.267. The number of benzene rings is 1. The number of nitrogens with zero attached hydrogens (tertiary/aromatic N) is 1. The van der Waals surface area contributed by atoms with Crippen molar-refractivity contribution in [3.63, 3.8) is 0 Å². The van der Waals surface area contributed by atoms with Crippen LogP contribution in [0, 0.1) is 13.8 Å². The van der Waals surface area contributed by atoms with Gasteiger partial charge in [-0.2, -0.15) is 0 Å². The van der Waals surface area contributed by atoms with Crippen molar-refractivity contribution in [2.24, 2.45) is 0 Å². The van der Waals surface area contributed by atoms with Crippen LogP contribution in [0.5, 0.6) is 0 Å². The van der Waals surface area contributed by atoms with Crippen molar-refractivity contribution < 1.29 is 0 Å². The van der Waals surface area contributed by atoms with Gasteiger partial charge in [0.2, 0.25) is 0 Å². The molecule has 2 aromatic rings. The summed E-state index contributed by atoms with van der Waals surface area (Å²) >= 11 is 0. The van der Waals surface area contributed by atoms with E-state index in [1.807, 2.05) is 12.3 Å². The van der Waals surface area contributed by atoms with Crippen LogP contribution in [0.2, 0.25) is 0 Å². The Balaban J connectivity index is 1.90. The van der Waals surface area contributed by atoms with Crippen LogP contribution >= 0.6 is 0 Å². The normalized spacial score (nSPS) is 10.5. The molecule has 0 radical (unpaired) electrons. The standard InChI is InChI=1S/C15H18N2/c1-12-5-6-15(13(2)8-12)11-17-10-14-4-3-7-16-9-14/h3-9,17H,10-11H2,1-2H3. The minimum atomic E-state index is 0.862. The minimum Gasteiger partial charge on any atom is -0.309 e. The maximum Gasteiger partial charge on any atom is 0.0312 e. The summed E-state index contributed by atoms with van der Waals surface area (Å²) in [4.78, 5) is 4.10. The molecule has 2 rings (SSSR count). The van der Waals surface area contributed by atoms with E-state index in [4.69, 9.17) is 0 Å². The highest BCUT2D eigenvalue weighted by Gasteiger charge is 1.98. The SMILES string of the molecule is Cc1ccc(CNCc2cccnc2)c(C)c1. The van der Waals surface area contributed by atoms with Crippen molar-refractivity contribution in [1.82, 2.24) is 10.3 Å². The molecule has 0 fully saturated rings. The number of rotatable bonds is 4. The molecule has 0 unspecified atom stereocenters. The van der Waals surface area contributed by atoms with Crippen molar-refractivity contribution in [1.29, 1.82) is 0 Å². The highest BCUT2D eigenvalue weighted by atomic mass is 14.8. The van der Waals surface area contributed by atoms with Crippen LogP contribution in [-0.4, -0.2) is 4.98 Å². The van der Waals surface area contributed by atoms with Crippen molar-refractivity contribution in [2.75, 3.05) is 0 Å². The zero-order valence-corrected chi connectivity index (χ0v) is 10.4. The molecule has 0 aliphatic rings. The number of pyridine rings is 1. The summed E-state index contributed by atoms with van der Waals surface area (Å²) in [6.07, 6.45) is 3.70. The number of hydrogen-bond donors (Lipinski definition) is 1. The van der Waals surface area contributed by atoms with E-state index in [9.17, 15) is 0 Å². The van der Waals surface area contributed by atoms with E-state index < -0.39 is 0 Å². The first-order valence-electron chi connectivity index (χ1n) is 5.91. The van der Waals surface area contributed by atoms with Gasteiger partial charge in [0.1, 0.15) is 0 Å². The van der Waals surface area contributed by atoms with Gasteiger partial charge >= 0.3 is 0 Å². The average molecular weight is 226 g/mol. The second kappa shape index (κ2) is 5.60. The Labute approximate surface area is 103 Å². The van der Waals surface area contributed by atoms with Crippen molar-refractivity contribution in [3.05, 3.63) is 65.0 Å². The lowest BCUT2D eigenvalue weighted by Crippen LogP contribution is -2.13. The third-order valence-corrected chi connectivity index (χ3v) is 2.87. The highest BCUT2D eigenvalue weighted by Crippen LogP contribution is 2.10. The van der Waals surface area contributed by atoms with E-state index >= 15 is 0 Å². The maximum atomic E-state index is 4.10. The summed E-state index contributed by atoms with van der Waals surface area (Å²) in [6, 6.07) is 10.6. The molecule has 1 aromatic heterocycles. The molecule has 88 valence electrons. The first-order valence-corrected chi connectivity index (χ1v) is 5.91. The smallest absolute Gasteiger partial charge is 0.0312 e. The average Bonchev–Trinajstić information content (AvgIpc) is 2.33. The molecular weight excluding hydrogens is 208 g/mol. The van der Waals surface area contributed by atoms with Gasteiger partial charge in [-0.1, -0.05) is 29.8 Å². The fourth-order valence-electron chi connectivity index (χ4n) is 1.89. The topological polar surface area (TPSA) is 24.9 Å². The Morgan fingerprint density at radius 3 is 2.71 bits per heavy atom. The van der Waals surface area contributed by atoms with Crippen LogP contribution in [0.15, 0.2) is 42.7 Å². The van der Waals surface area contributed by atoms with Gasteiger partial charge in [0.15, 0.2) is 0 Å². The van der Waals surface area contributed by atoms with Gasteiger partial charge in [0.05, 0.1) is 0 Å². The van der Waals surface area contributed by atoms with E-state index in [-0.39, 0.29) is 0 Å². The number of nitrogens with one attached hydrogen (secondary N) is 1. The van der Waals surface area contributed by atoms with Gasteiger partial charge in [0.25, 0.3) is 0 Å². The van der Waals surface area contributed by atoms with E-state index in [0.717, 1.165) is 13.1 Å². The van der Waals surface area contributed by atoms with E-state index in [2.05, 4.69) is 48.4 Å². The zero-order chi connectivity index (χ0) is 12.1. The fourth-order valence-corrected chi connectivity index (χ4v) is 1.89. The van der Waals surface area contributed by atoms with Gasteiger partial charge in [-0.3, -0.25) is 4.98 Å². The molecule has 0 aliphatic carbocycles. The molecule has 1 N–H and O–H groups in total. The van der Waals surface area contributed by atoms with Crippen LogP contribution in [0.4, 0.5) is 0 Å². The summed E-state index contributed by atoms with van der Waals surface area (Å²) < 4.78 is 0. The lowest BCUT2D eigenvalue weighted by atomic mass is 10.1. The Morgan fingerprint density at radius 1 is 1.12 bits per heavy atom. The van der Waals surface area contributed by atoms with Crippen LogP contribution in [0.25, 0.3) is 0 Å². The first kappa shape index (κ1) is 11.8. The molecule has 0 spiro atoms. The van der Waals surface area contributed by atoms with Gasteiger partial charge < -0.3 is 5.32 Å². The summed E-state index contributed by atoms with van der Waals surface area (Å²) in [5, 5.41) is 3.44. The van der Waals surface area contributed by atoms with E-state index in [1.54, 1.807) is 6.20 Å². The predicted molar refractivity (Wildman–Crippen MR) is 70.7 cm³/mol. The molecule has 2 heteroatoms. The number of aromatic nitrogens is 1. The van der Waals surface area contributed by atoms with Crippen LogP contribution in [0.1, 0.15) is 22.3 Å². The van der Waals surface area contributed by atoms with Crippen LogP contribution < -0.4 is 5.32 Å². The Bertz CT molecular complexity index is 478. The molecule has 2 nitrogen and oxygen atoms in total. The van der Waals surface area contributed by atoms with Gasteiger partial charge in [0, 0.05) is 25.5 Å². The molecule has 0 atom stereocenters. The zero-order valence-electron chi connectivity index (χ0n) is 10.4. The number of aryl methyl sites for hydroxylation is 2. The predicted octanol–water partition coefficient (Wildman–Crippen LogP) is 2.99. The summed E-state index contributed by atoms with van der Waals surface area (Å²) in [5.41, 5.74) is 5.25. The van der Waals surface area contributed by atoms with Crippen molar-refractivity contribution >= 4 is 0 Å². The quantitative estimate of drug-likeness (QED) is 0.867. The van der Waals surface area contributed by atoms with Crippen molar-refractivity contribution in [2.45, 2.75) is 26.9 Å². The lowest BCUT2D eigenvalue weighted by Gasteiger charge is -2.08. The molecule has 0 aliphatic heterocycles.